The largest absolute Gasteiger partial charge is 0.363 e. The van der Waals surface area contributed by atoms with Gasteiger partial charge in [-0.15, -0.1) is 6.58 Å². The first-order chi connectivity index (χ1) is 6.08. The van der Waals surface area contributed by atoms with Crippen LogP contribution in [0.3, 0.4) is 0 Å². The fraction of sp³-hybridized carbons (Fsp3) is 0.818. The van der Waals surface area contributed by atoms with Crippen LogP contribution in [0.5, 0.6) is 0 Å². The molecule has 0 aliphatic carbocycles. The fourth-order valence-electron chi connectivity index (χ4n) is 1.75. The lowest BCUT2D eigenvalue weighted by Crippen LogP contribution is -2.22. The van der Waals surface area contributed by atoms with E-state index in [1.165, 1.54) is 6.42 Å². The van der Waals surface area contributed by atoms with Crippen molar-refractivity contribution in [2.24, 2.45) is 0 Å². The van der Waals surface area contributed by atoms with Crippen LogP contribution >= 0.6 is 0 Å². The highest BCUT2D eigenvalue weighted by Crippen LogP contribution is 2.51. The van der Waals surface area contributed by atoms with Crippen LogP contribution in [0.25, 0.3) is 0 Å². The molecule has 1 saturated heterocycles. The summed E-state index contributed by atoms with van der Waals surface area (Å²) in [5, 5.41) is 9.94. The Morgan fingerprint density at radius 3 is 2.69 bits per heavy atom. The quantitative estimate of drug-likeness (QED) is 0.391. The predicted octanol–water partition coefficient (Wildman–Crippen LogP) is 2.62. The van der Waals surface area contributed by atoms with Crippen molar-refractivity contribution in [2.45, 2.75) is 57.3 Å². The van der Waals surface area contributed by atoms with Crippen molar-refractivity contribution in [3.05, 3.63) is 12.7 Å². The molecule has 2 atom stereocenters. The lowest BCUT2D eigenvalue weighted by Gasteiger charge is -2.08. The van der Waals surface area contributed by atoms with Gasteiger partial charge in [-0.3, -0.25) is 0 Å². The maximum Gasteiger partial charge on any atom is 0.196 e. The van der Waals surface area contributed by atoms with Crippen LogP contribution in [0.1, 0.15) is 46.0 Å². The van der Waals surface area contributed by atoms with Gasteiger partial charge in [-0.25, -0.2) is 0 Å². The van der Waals surface area contributed by atoms with Gasteiger partial charge in [0.25, 0.3) is 0 Å². The van der Waals surface area contributed by atoms with E-state index in [9.17, 15) is 5.11 Å². The third-order valence-corrected chi connectivity index (χ3v) is 2.83. The number of epoxide rings is 1. The van der Waals surface area contributed by atoms with Crippen molar-refractivity contribution in [2.75, 3.05) is 0 Å². The molecule has 13 heavy (non-hydrogen) atoms. The van der Waals surface area contributed by atoms with Gasteiger partial charge < -0.3 is 9.84 Å². The summed E-state index contributed by atoms with van der Waals surface area (Å²) in [6.45, 7) is 7.76. The van der Waals surface area contributed by atoms with E-state index in [0.29, 0.717) is 0 Å². The Balaban J connectivity index is 2.30. The Bertz CT molecular complexity index is 191. The number of aliphatic hydroxyl groups is 1. The number of ether oxygens (including phenoxy) is 1. The molecule has 0 aromatic carbocycles. The van der Waals surface area contributed by atoms with Crippen LogP contribution in [0.2, 0.25) is 0 Å². The van der Waals surface area contributed by atoms with E-state index in [4.69, 9.17) is 4.74 Å². The number of hydrogen-bond donors (Lipinski definition) is 1. The highest BCUT2D eigenvalue weighted by molar-refractivity contribution is 5.08. The van der Waals surface area contributed by atoms with Crippen molar-refractivity contribution in [3.8, 4) is 0 Å². The first-order valence-electron chi connectivity index (χ1n) is 5.11. The molecule has 1 heterocycles. The predicted molar refractivity (Wildman–Crippen MR) is 53.4 cm³/mol. The summed E-state index contributed by atoms with van der Waals surface area (Å²) in [5.41, 5.74) is -0.359. The molecule has 0 radical (unpaired) electrons. The second kappa shape index (κ2) is 3.81. The Morgan fingerprint density at radius 2 is 2.15 bits per heavy atom. The van der Waals surface area contributed by atoms with Crippen LogP contribution in [0.15, 0.2) is 12.7 Å². The number of rotatable bonds is 6. The normalized spacial score (nSPS) is 37.5. The average Bonchev–Trinajstić information content (AvgIpc) is 2.55. The van der Waals surface area contributed by atoms with Crippen molar-refractivity contribution in [3.63, 3.8) is 0 Å². The molecule has 0 spiro atoms. The van der Waals surface area contributed by atoms with Crippen LogP contribution < -0.4 is 0 Å². The lowest BCUT2D eigenvalue weighted by atomic mass is 9.96. The highest BCUT2D eigenvalue weighted by Gasteiger charge is 2.64. The molecule has 0 aromatic heterocycles. The highest BCUT2D eigenvalue weighted by atomic mass is 16.7. The molecule has 2 unspecified atom stereocenters. The monoisotopic (exact) mass is 184 g/mol. The number of unbranched alkanes of at least 4 members (excludes halogenated alkanes) is 2. The van der Waals surface area contributed by atoms with Crippen molar-refractivity contribution in [1.82, 2.24) is 0 Å². The summed E-state index contributed by atoms with van der Waals surface area (Å²) in [6, 6.07) is 0. The molecule has 2 heteroatoms. The fourth-order valence-corrected chi connectivity index (χ4v) is 1.75. The Morgan fingerprint density at radius 1 is 1.46 bits per heavy atom. The first kappa shape index (κ1) is 10.7. The van der Waals surface area contributed by atoms with Gasteiger partial charge in [0.15, 0.2) is 5.79 Å². The molecule has 1 aliphatic rings. The van der Waals surface area contributed by atoms with Gasteiger partial charge in [-0.05, 0) is 19.8 Å². The maximum atomic E-state index is 9.94. The van der Waals surface area contributed by atoms with Gasteiger partial charge in [0, 0.05) is 6.42 Å². The second-order valence-electron chi connectivity index (χ2n) is 4.07. The topological polar surface area (TPSA) is 32.8 Å². The van der Waals surface area contributed by atoms with E-state index >= 15 is 0 Å². The molecule has 0 saturated carbocycles. The van der Waals surface area contributed by atoms with Crippen LogP contribution in [-0.2, 0) is 4.74 Å². The van der Waals surface area contributed by atoms with Crippen molar-refractivity contribution < 1.29 is 9.84 Å². The SMILES string of the molecule is C=CCC1(C)OC1(O)CCCCC. The molecule has 1 fully saturated rings. The number of hydrogen-bond acceptors (Lipinski definition) is 2. The van der Waals surface area contributed by atoms with Crippen molar-refractivity contribution in [1.29, 1.82) is 0 Å². The summed E-state index contributed by atoms with van der Waals surface area (Å²) in [5.74, 6) is -0.865. The third kappa shape index (κ3) is 2.12. The molecule has 0 bridgehead atoms. The van der Waals surface area contributed by atoms with Gasteiger partial charge in [0.05, 0.1) is 0 Å². The summed E-state index contributed by atoms with van der Waals surface area (Å²) in [6.07, 6.45) is 6.67. The molecule has 1 N–H and O–H groups in total. The summed E-state index contributed by atoms with van der Waals surface area (Å²) in [7, 11) is 0. The van der Waals surface area contributed by atoms with Crippen molar-refractivity contribution >= 4 is 0 Å². The summed E-state index contributed by atoms with van der Waals surface area (Å²) in [4.78, 5) is 0. The molecular weight excluding hydrogens is 164 g/mol. The van der Waals surface area contributed by atoms with E-state index in [2.05, 4.69) is 13.5 Å². The van der Waals surface area contributed by atoms with Crippen LogP contribution in [0, 0.1) is 0 Å². The second-order valence-corrected chi connectivity index (χ2v) is 4.07. The van der Waals surface area contributed by atoms with Gasteiger partial charge in [-0.1, -0.05) is 25.8 Å². The standard InChI is InChI=1S/C11H20O2/c1-4-6-7-9-11(12)10(3,13-11)8-5-2/h5,12H,2,4,6-9H2,1,3H3. The Hall–Kier alpha value is -0.340. The molecule has 0 aromatic rings. The van der Waals surface area contributed by atoms with E-state index in [1.807, 2.05) is 6.92 Å². The molecule has 0 amide bonds. The molecule has 2 nitrogen and oxygen atoms in total. The minimum Gasteiger partial charge on any atom is -0.363 e. The molecule has 1 rings (SSSR count). The van der Waals surface area contributed by atoms with Crippen LogP contribution in [0.4, 0.5) is 0 Å². The zero-order chi connectivity index (χ0) is 9.95. The zero-order valence-electron chi connectivity index (χ0n) is 8.68. The van der Waals surface area contributed by atoms with E-state index < -0.39 is 5.79 Å². The Labute approximate surface area is 80.6 Å². The molecular formula is C11H20O2. The maximum absolute atomic E-state index is 9.94. The van der Waals surface area contributed by atoms with E-state index in [1.54, 1.807) is 6.08 Å². The smallest absolute Gasteiger partial charge is 0.196 e. The molecule has 76 valence electrons. The average molecular weight is 184 g/mol. The lowest BCUT2D eigenvalue weighted by molar-refractivity contribution is 0.0262. The third-order valence-electron chi connectivity index (χ3n) is 2.83. The zero-order valence-corrected chi connectivity index (χ0v) is 8.68. The Kier molecular flexibility index (Phi) is 3.14. The minimum absolute atomic E-state index is 0.359. The minimum atomic E-state index is -0.865. The summed E-state index contributed by atoms with van der Waals surface area (Å²) < 4.78 is 5.36. The van der Waals surface area contributed by atoms with Gasteiger partial charge in [-0.2, -0.15) is 0 Å². The van der Waals surface area contributed by atoms with Gasteiger partial charge in [0.1, 0.15) is 5.60 Å². The van der Waals surface area contributed by atoms with Gasteiger partial charge in [0.2, 0.25) is 0 Å². The van der Waals surface area contributed by atoms with Gasteiger partial charge >= 0.3 is 0 Å². The van der Waals surface area contributed by atoms with E-state index in [-0.39, 0.29) is 5.60 Å². The van der Waals surface area contributed by atoms with Crippen LogP contribution in [-0.4, -0.2) is 16.5 Å². The molecule has 1 aliphatic heterocycles. The summed E-state index contributed by atoms with van der Waals surface area (Å²) >= 11 is 0. The first-order valence-corrected chi connectivity index (χ1v) is 5.11. The van der Waals surface area contributed by atoms with E-state index in [0.717, 1.165) is 25.7 Å².